The lowest BCUT2D eigenvalue weighted by Crippen LogP contribution is -2.28. The Labute approximate surface area is 154 Å². The normalized spacial score (nSPS) is 11.6. The lowest BCUT2D eigenvalue weighted by atomic mass is 10.0. The van der Waals surface area contributed by atoms with Crippen molar-refractivity contribution in [3.05, 3.63) is 65.7 Å². The van der Waals surface area contributed by atoms with Crippen LogP contribution >= 0.6 is 0 Å². The van der Waals surface area contributed by atoms with Crippen LogP contribution in [0, 0.1) is 5.92 Å². The van der Waals surface area contributed by atoms with Crippen molar-refractivity contribution in [3.8, 4) is 5.75 Å². The predicted octanol–water partition coefficient (Wildman–Crippen LogP) is 3.43. The number of aryl methyl sites for hydroxylation is 1. The van der Waals surface area contributed by atoms with Crippen molar-refractivity contribution in [2.45, 2.75) is 32.7 Å². The van der Waals surface area contributed by atoms with Crippen LogP contribution in [0.15, 0.2) is 54.6 Å². The van der Waals surface area contributed by atoms with E-state index in [1.54, 1.807) is 18.2 Å². The molecule has 138 valence electrons. The second-order valence-electron chi connectivity index (χ2n) is 6.33. The van der Waals surface area contributed by atoms with E-state index in [-0.39, 0.29) is 18.4 Å². The van der Waals surface area contributed by atoms with Gasteiger partial charge in [-0.25, -0.2) is 4.79 Å². The zero-order chi connectivity index (χ0) is 18.8. The number of hydrogen-bond acceptors (Lipinski definition) is 3. The van der Waals surface area contributed by atoms with Crippen molar-refractivity contribution >= 4 is 11.9 Å². The molecule has 1 atom stereocenters. The molecule has 5 nitrogen and oxygen atoms in total. The summed E-state index contributed by atoms with van der Waals surface area (Å²) >= 11 is 0. The Bertz CT molecular complexity index is 715. The van der Waals surface area contributed by atoms with E-state index in [1.807, 2.05) is 31.2 Å². The molecule has 2 N–H and O–H groups in total. The third kappa shape index (κ3) is 6.97. The lowest BCUT2D eigenvalue weighted by Gasteiger charge is -2.13. The third-order valence-electron chi connectivity index (χ3n) is 4.12. The van der Waals surface area contributed by atoms with Crippen LogP contribution < -0.4 is 10.1 Å². The first kappa shape index (κ1) is 19.5. The summed E-state index contributed by atoms with van der Waals surface area (Å²) in [6.45, 7) is 1.95. The first-order valence-corrected chi connectivity index (χ1v) is 8.80. The molecule has 1 unspecified atom stereocenters. The quantitative estimate of drug-likeness (QED) is 0.685. The van der Waals surface area contributed by atoms with E-state index in [0.717, 1.165) is 24.8 Å². The van der Waals surface area contributed by atoms with Gasteiger partial charge in [-0.1, -0.05) is 49.4 Å². The average molecular weight is 355 g/mol. The molecule has 0 aliphatic carbocycles. The summed E-state index contributed by atoms with van der Waals surface area (Å²) in [5.41, 5.74) is 2.16. The Kier molecular flexibility index (Phi) is 7.68. The summed E-state index contributed by atoms with van der Waals surface area (Å²) in [7, 11) is 0. The Morgan fingerprint density at radius 2 is 1.81 bits per heavy atom. The van der Waals surface area contributed by atoms with Crippen molar-refractivity contribution in [1.29, 1.82) is 0 Å². The van der Waals surface area contributed by atoms with E-state index in [1.165, 1.54) is 5.56 Å². The first-order valence-electron chi connectivity index (χ1n) is 8.80. The number of aliphatic carboxylic acids is 1. The Balaban J connectivity index is 1.73. The number of carbonyl (C=O) groups is 2. The molecule has 0 radical (unpaired) electrons. The highest BCUT2D eigenvalue weighted by atomic mass is 16.5. The Hall–Kier alpha value is -2.82. The van der Waals surface area contributed by atoms with Crippen LogP contribution in [0.5, 0.6) is 5.75 Å². The molecule has 2 rings (SSSR count). The van der Waals surface area contributed by atoms with E-state index in [0.29, 0.717) is 12.3 Å². The molecule has 2 aromatic rings. The summed E-state index contributed by atoms with van der Waals surface area (Å²) < 4.78 is 5.15. The van der Waals surface area contributed by atoms with E-state index in [4.69, 9.17) is 9.84 Å². The number of carboxylic acid groups (broad SMARTS) is 1. The number of amides is 1. The van der Waals surface area contributed by atoms with Gasteiger partial charge in [-0.3, -0.25) is 4.79 Å². The summed E-state index contributed by atoms with van der Waals surface area (Å²) in [5, 5.41) is 11.6. The van der Waals surface area contributed by atoms with Gasteiger partial charge in [0, 0.05) is 12.5 Å². The highest BCUT2D eigenvalue weighted by Crippen LogP contribution is 2.14. The van der Waals surface area contributed by atoms with Crippen LogP contribution in [-0.2, 0) is 22.6 Å². The minimum absolute atomic E-state index is 0.0231. The van der Waals surface area contributed by atoms with Crippen LogP contribution in [-0.4, -0.2) is 23.6 Å². The summed E-state index contributed by atoms with van der Waals surface area (Å²) in [5.74, 6) is -0.567. The topological polar surface area (TPSA) is 75.6 Å². The molecule has 5 heteroatoms. The van der Waals surface area contributed by atoms with Gasteiger partial charge in [-0.15, -0.1) is 0 Å². The average Bonchev–Trinajstić information content (AvgIpc) is 2.65. The number of rotatable bonds is 10. The van der Waals surface area contributed by atoms with Crippen LogP contribution in [0.25, 0.3) is 0 Å². The van der Waals surface area contributed by atoms with E-state index < -0.39 is 5.97 Å². The largest absolute Gasteiger partial charge is 0.482 e. The fourth-order valence-electron chi connectivity index (χ4n) is 2.64. The van der Waals surface area contributed by atoms with Crippen LogP contribution in [0.3, 0.4) is 0 Å². The van der Waals surface area contributed by atoms with Gasteiger partial charge in [0.05, 0.1) is 0 Å². The van der Waals surface area contributed by atoms with Gasteiger partial charge in [-0.2, -0.15) is 0 Å². The number of hydrogen-bond donors (Lipinski definition) is 2. The van der Waals surface area contributed by atoms with Gasteiger partial charge in [0.1, 0.15) is 5.75 Å². The SMILES string of the molecule is CC(CCCc1ccccc1)C(=O)NCc1cccc(OCC(=O)O)c1. The van der Waals surface area contributed by atoms with Gasteiger partial charge in [0.2, 0.25) is 5.91 Å². The Morgan fingerprint density at radius 1 is 1.08 bits per heavy atom. The fourth-order valence-corrected chi connectivity index (χ4v) is 2.64. The van der Waals surface area contributed by atoms with Gasteiger partial charge in [-0.05, 0) is 42.5 Å². The number of ether oxygens (including phenoxy) is 1. The second-order valence-corrected chi connectivity index (χ2v) is 6.33. The lowest BCUT2D eigenvalue weighted by molar-refractivity contribution is -0.139. The number of nitrogens with one attached hydrogen (secondary N) is 1. The molecule has 0 spiro atoms. The highest BCUT2D eigenvalue weighted by Gasteiger charge is 2.12. The molecule has 0 aliphatic heterocycles. The van der Waals surface area contributed by atoms with Gasteiger partial charge < -0.3 is 15.2 Å². The zero-order valence-corrected chi connectivity index (χ0v) is 15.0. The molecule has 0 saturated carbocycles. The second kappa shape index (κ2) is 10.2. The molecule has 1 amide bonds. The molecular formula is C21H25NO4. The zero-order valence-electron chi connectivity index (χ0n) is 15.0. The first-order chi connectivity index (χ1) is 12.5. The van der Waals surface area contributed by atoms with Crippen LogP contribution in [0.4, 0.5) is 0 Å². The number of carbonyl (C=O) groups excluding carboxylic acids is 1. The van der Waals surface area contributed by atoms with Crippen molar-refractivity contribution in [2.24, 2.45) is 5.92 Å². The van der Waals surface area contributed by atoms with Gasteiger partial charge in [0.25, 0.3) is 0 Å². The monoisotopic (exact) mass is 355 g/mol. The summed E-state index contributed by atoms with van der Waals surface area (Å²) in [6, 6.07) is 17.3. The maximum atomic E-state index is 12.2. The summed E-state index contributed by atoms with van der Waals surface area (Å²) in [4.78, 5) is 22.8. The molecule has 0 fully saturated rings. The predicted molar refractivity (Wildman–Crippen MR) is 100.0 cm³/mol. The van der Waals surface area contributed by atoms with E-state index in [9.17, 15) is 9.59 Å². The van der Waals surface area contributed by atoms with Crippen molar-refractivity contribution in [3.63, 3.8) is 0 Å². The molecule has 0 bridgehead atoms. The smallest absolute Gasteiger partial charge is 0.341 e. The molecular weight excluding hydrogens is 330 g/mol. The van der Waals surface area contributed by atoms with Crippen LogP contribution in [0.1, 0.15) is 30.9 Å². The number of carboxylic acids is 1. The maximum absolute atomic E-state index is 12.2. The molecule has 0 aliphatic rings. The number of benzene rings is 2. The molecule has 0 saturated heterocycles. The van der Waals surface area contributed by atoms with Crippen LogP contribution in [0.2, 0.25) is 0 Å². The van der Waals surface area contributed by atoms with Crippen molar-refractivity contribution in [1.82, 2.24) is 5.32 Å². The Morgan fingerprint density at radius 3 is 2.54 bits per heavy atom. The molecule has 0 aromatic heterocycles. The molecule has 2 aromatic carbocycles. The van der Waals surface area contributed by atoms with E-state index in [2.05, 4.69) is 17.4 Å². The third-order valence-corrected chi connectivity index (χ3v) is 4.12. The van der Waals surface area contributed by atoms with Crippen molar-refractivity contribution < 1.29 is 19.4 Å². The highest BCUT2D eigenvalue weighted by molar-refractivity contribution is 5.78. The minimum atomic E-state index is -1.02. The maximum Gasteiger partial charge on any atom is 0.341 e. The summed E-state index contributed by atoms with van der Waals surface area (Å²) in [6.07, 6.45) is 2.78. The standard InChI is InChI=1S/C21H25NO4/c1-16(7-5-10-17-8-3-2-4-9-17)21(25)22-14-18-11-6-12-19(13-18)26-15-20(23)24/h2-4,6,8-9,11-13,16H,5,7,10,14-15H2,1H3,(H,22,25)(H,23,24). The minimum Gasteiger partial charge on any atom is -0.482 e. The van der Waals surface area contributed by atoms with Crippen molar-refractivity contribution in [2.75, 3.05) is 6.61 Å². The van der Waals surface area contributed by atoms with E-state index >= 15 is 0 Å². The van der Waals surface area contributed by atoms with Gasteiger partial charge >= 0.3 is 5.97 Å². The molecule has 26 heavy (non-hydrogen) atoms. The van der Waals surface area contributed by atoms with Gasteiger partial charge in [0.15, 0.2) is 6.61 Å². The fraction of sp³-hybridized carbons (Fsp3) is 0.333. The molecule has 0 heterocycles.